The molecule has 0 bridgehead atoms. The number of rotatable bonds is 4. The summed E-state index contributed by atoms with van der Waals surface area (Å²) in [6.07, 6.45) is 0.948. The van der Waals surface area contributed by atoms with Crippen LogP contribution in [-0.4, -0.2) is 13.1 Å². The highest BCUT2D eigenvalue weighted by molar-refractivity contribution is 5.51. The first-order valence-corrected chi connectivity index (χ1v) is 4.40. The zero-order valence-corrected chi connectivity index (χ0v) is 7.51. The average Bonchev–Trinajstić information content (AvgIpc) is 2.09. The molecule has 0 heterocycles. The molecular formula is C10H16N2. The van der Waals surface area contributed by atoms with Crippen LogP contribution in [0, 0.1) is 0 Å². The summed E-state index contributed by atoms with van der Waals surface area (Å²) in [5.74, 6) is 0. The van der Waals surface area contributed by atoms with Crippen LogP contribution in [0.5, 0.6) is 0 Å². The van der Waals surface area contributed by atoms with Crippen LogP contribution in [0.2, 0.25) is 0 Å². The molecule has 3 N–H and O–H groups in total. The Morgan fingerprint density at radius 1 is 1.33 bits per heavy atom. The van der Waals surface area contributed by atoms with Gasteiger partial charge >= 0.3 is 0 Å². The van der Waals surface area contributed by atoms with Crippen molar-refractivity contribution in [1.82, 2.24) is 0 Å². The van der Waals surface area contributed by atoms with Gasteiger partial charge in [-0.2, -0.15) is 0 Å². The van der Waals surface area contributed by atoms with E-state index in [0.717, 1.165) is 13.0 Å². The summed E-state index contributed by atoms with van der Waals surface area (Å²) in [5, 5.41) is 3.31. The smallest absolute Gasteiger partial charge is 0.0373 e. The van der Waals surface area contributed by atoms with Crippen LogP contribution in [0.3, 0.4) is 0 Å². The Morgan fingerprint density at radius 3 is 2.75 bits per heavy atom. The number of hydrogen-bond acceptors (Lipinski definition) is 2. The van der Waals surface area contributed by atoms with E-state index in [4.69, 9.17) is 5.73 Å². The van der Waals surface area contributed by atoms with Crippen molar-refractivity contribution in [2.45, 2.75) is 13.3 Å². The molecule has 0 fully saturated rings. The first-order valence-electron chi connectivity index (χ1n) is 4.40. The highest BCUT2D eigenvalue weighted by Gasteiger charge is 1.97. The first kappa shape index (κ1) is 9.07. The van der Waals surface area contributed by atoms with Crippen molar-refractivity contribution in [2.75, 3.05) is 18.4 Å². The van der Waals surface area contributed by atoms with Crippen molar-refractivity contribution in [3.63, 3.8) is 0 Å². The van der Waals surface area contributed by atoms with E-state index in [1.807, 2.05) is 12.1 Å². The predicted molar refractivity (Wildman–Crippen MR) is 53.4 cm³/mol. The molecule has 2 heteroatoms. The Balaban J connectivity index is 2.77. The fraction of sp³-hybridized carbons (Fsp3) is 0.400. The standard InChI is InChI=1S/C10H16N2/c1-2-12-10-6-4-3-5-9(10)7-8-11/h3-6,12H,2,7-8,11H2,1H3. The maximum Gasteiger partial charge on any atom is 0.0373 e. The number of hydrogen-bond donors (Lipinski definition) is 2. The van der Waals surface area contributed by atoms with Crippen LogP contribution < -0.4 is 11.1 Å². The highest BCUT2D eigenvalue weighted by atomic mass is 14.9. The normalized spacial score (nSPS) is 9.83. The monoisotopic (exact) mass is 164 g/mol. The zero-order chi connectivity index (χ0) is 8.81. The second-order valence-corrected chi connectivity index (χ2v) is 2.73. The highest BCUT2D eigenvalue weighted by Crippen LogP contribution is 2.14. The van der Waals surface area contributed by atoms with E-state index in [2.05, 4.69) is 24.4 Å². The summed E-state index contributed by atoms with van der Waals surface area (Å²) in [6.45, 7) is 3.77. The summed E-state index contributed by atoms with van der Waals surface area (Å²) in [5.41, 5.74) is 8.02. The molecule has 0 aromatic heterocycles. The molecule has 0 unspecified atom stereocenters. The van der Waals surface area contributed by atoms with Gasteiger partial charge in [0.1, 0.15) is 0 Å². The third kappa shape index (κ3) is 2.24. The Labute approximate surface area is 73.8 Å². The van der Waals surface area contributed by atoms with E-state index in [1.165, 1.54) is 11.3 Å². The van der Waals surface area contributed by atoms with Gasteiger partial charge in [-0.1, -0.05) is 18.2 Å². The van der Waals surface area contributed by atoms with Gasteiger partial charge in [-0.3, -0.25) is 0 Å². The van der Waals surface area contributed by atoms with E-state index in [0.29, 0.717) is 6.54 Å². The van der Waals surface area contributed by atoms with Gasteiger partial charge in [-0.05, 0) is 31.5 Å². The van der Waals surface area contributed by atoms with Gasteiger partial charge in [-0.15, -0.1) is 0 Å². The SMILES string of the molecule is CCNc1ccccc1CCN. The Bertz CT molecular complexity index is 208. The summed E-state index contributed by atoms with van der Waals surface area (Å²) in [7, 11) is 0. The van der Waals surface area contributed by atoms with E-state index in [1.54, 1.807) is 0 Å². The molecule has 1 rings (SSSR count). The summed E-state index contributed by atoms with van der Waals surface area (Å²) < 4.78 is 0. The van der Waals surface area contributed by atoms with Crippen LogP contribution in [0.1, 0.15) is 12.5 Å². The van der Waals surface area contributed by atoms with Gasteiger partial charge in [0.15, 0.2) is 0 Å². The number of benzene rings is 1. The minimum Gasteiger partial charge on any atom is -0.385 e. The van der Waals surface area contributed by atoms with Crippen LogP contribution in [-0.2, 0) is 6.42 Å². The Kier molecular flexibility index (Phi) is 3.61. The maximum absolute atomic E-state index is 5.50. The second kappa shape index (κ2) is 4.78. The van der Waals surface area contributed by atoms with Gasteiger partial charge in [0.25, 0.3) is 0 Å². The van der Waals surface area contributed by atoms with Crippen LogP contribution >= 0.6 is 0 Å². The first-order chi connectivity index (χ1) is 5.88. The van der Waals surface area contributed by atoms with Gasteiger partial charge in [0.2, 0.25) is 0 Å². The van der Waals surface area contributed by atoms with E-state index < -0.39 is 0 Å². The zero-order valence-electron chi connectivity index (χ0n) is 7.51. The minimum atomic E-state index is 0.711. The fourth-order valence-electron chi connectivity index (χ4n) is 1.26. The molecular weight excluding hydrogens is 148 g/mol. The van der Waals surface area contributed by atoms with Gasteiger partial charge < -0.3 is 11.1 Å². The molecule has 0 aliphatic heterocycles. The summed E-state index contributed by atoms with van der Waals surface area (Å²) in [6, 6.07) is 8.29. The van der Waals surface area contributed by atoms with Gasteiger partial charge in [-0.25, -0.2) is 0 Å². The molecule has 0 radical (unpaired) electrons. The second-order valence-electron chi connectivity index (χ2n) is 2.73. The van der Waals surface area contributed by atoms with Crippen molar-refractivity contribution in [3.8, 4) is 0 Å². The number of para-hydroxylation sites is 1. The lowest BCUT2D eigenvalue weighted by Gasteiger charge is -2.08. The van der Waals surface area contributed by atoms with Crippen LogP contribution in [0.15, 0.2) is 24.3 Å². The largest absolute Gasteiger partial charge is 0.385 e. The molecule has 0 saturated heterocycles. The van der Waals surface area contributed by atoms with Crippen molar-refractivity contribution >= 4 is 5.69 Å². The van der Waals surface area contributed by atoms with Crippen molar-refractivity contribution < 1.29 is 0 Å². The summed E-state index contributed by atoms with van der Waals surface area (Å²) >= 11 is 0. The predicted octanol–water partition coefficient (Wildman–Crippen LogP) is 1.62. The van der Waals surface area contributed by atoms with Crippen molar-refractivity contribution in [2.24, 2.45) is 5.73 Å². The average molecular weight is 164 g/mol. The number of nitrogens with two attached hydrogens (primary N) is 1. The third-order valence-corrected chi connectivity index (χ3v) is 1.80. The molecule has 66 valence electrons. The molecule has 0 spiro atoms. The van der Waals surface area contributed by atoms with Crippen molar-refractivity contribution in [3.05, 3.63) is 29.8 Å². The molecule has 2 nitrogen and oxygen atoms in total. The number of anilines is 1. The molecule has 1 aromatic carbocycles. The van der Waals surface area contributed by atoms with Crippen LogP contribution in [0.4, 0.5) is 5.69 Å². The Hall–Kier alpha value is -1.02. The lowest BCUT2D eigenvalue weighted by atomic mass is 10.1. The lowest BCUT2D eigenvalue weighted by molar-refractivity contribution is 0.966. The number of nitrogens with one attached hydrogen (secondary N) is 1. The molecule has 0 atom stereocenters. The van der Waals surface area contributed by atoms with Crippen molar-refractivity contribution in [1.29, 1.82) is 0 Å². The van der Waals surface area contributed by atoms with Gasteiger partial charge in [0.05, 0.1) is 0 Å². The van der Waals surface area contributed by atoms with Gasteiger partial charge in [0, 0.05) is 12.2 Å². The molecule has 0 amide bonds. The Morgan fingerprint density at radius 2 is 2.08 bits per heavy atom. The minimum absolute atomic E-state index is 0.711. The van der Waals surface area contributed by atoms with E-state index in [9.17, 15) is 0 Å². The molecule has 0 aliphatic carbocycles. The molecule has 0 saturated carbocycles. The van der Waals surface area contributed by atoms with Crippen LogP contribution in [0.25, 0.3) is 0 Å². The topological polar surface area (TPSA) is 38.0 Å². The lowest BCUT2D eigenvalue weighted by Crippen LogP contribution is -2.06. The maximum atomic E-state index is 5.50. The van der Waals surface area contributed by atoms with E-state index >= 15 is 0 Å². The van der Waals surface area contributed by atoms with E-state index in [-0.39, 0.29) is 0 Å². The fourth-order valence-corrected chi connectivity index (χ4v) is 1.26. The quantitative estimate of drug-likeness (QED) is 0.709. The summed E-state index contributed by atoms with van der Waals surface area (Å²) in [4.78, 5) is 0. The molecule has 0 aliphatic rings. The third-order valence-electron chi connectivity index (χ3n) is 1.80. The molecule has 12 heavy (non-hydrogen) atoms. The molecule has 1 aromatic rings.